The van der Waals surface area contributed by atoms with Gasteiger partial charge in [-0.05, 0) is 51.3 Å². The zero-order valence-electron chi connectivity index (χ0n) is 14.4. The molecule has 1 aromatic rings. The summed E-state index contributed by atoms with van der Waals surface area (Å²) in [5, 5.41) is 0. The molecule has 0 saturated carbocycles. The standard InChI is InChI=1S/C18H25NO4/c1-6-22-15(20)11-12(2)13-9-7-8-10-14(13)16(19)17(21)23-18(3,4)5/h7-11,16H,6,19H2,1-5H3/b12-11-. The largest absolute Gasteiger partial charge is 0.463 e. The summed E-state index contributed by atoms with van der Waals surface area (Å²) < 4.78 is 10.2. The van der Waals surface area contributed by atoms with Crippen molar-refractivity contribution in [3.63, 3.8) is 0 Å². The van der Waals surface area contributed by atoms with Crippen LogP contribution in [0, 0.1) is 0 Å². The topological polar surface area (TPSA) is 78.6 Å². The minimum Gasteiger partial charge on any atom is -0.463 e. The van der Waals surface area contributed by atoms with Crippen LogP contribution in [0.25, 0.3) is 5.57 Å². The molecule has 0 aliphatic carbocycles. The van der Waals surface area contributed by atoms with Crippen molar-refractivity contribution >= 4 is 17.5 Å². The van der Waals surface area contributed by atoms with Crippen LogP contribution in [-0.2, 0) is 19.1 Å². The van der Waals surface area contributed by atoms with Gasteiger partial charge in [0.25, 0.3) is 0 Å². The summed E-state index contributed by atoms with van der Waals surface area (Å²) in [6.07, 6.45) is 1.39. The highest BCUT2D eigenvalue weighted by Crippen LogP contribution is 2.25. The highest BCUT2D eigenvalue weighted by atomic mass is 16.6. The molecule has 2 N–H and O–H groups in total. The SMILES string of the molecule is CCOC(=O)/C=C(/C)c1ccccc1C(N)C(=O)OC(C)(C)C. The Kier molecular flexibility index (Phi) is 6.51. The van der Waals surface area contributed by atoms with Crippen LogP contribution >= 0.6 is 0 Å². The average Bonchev–Trinajstić information content (AvgIpc) is 2.44. The van der Waals surface area contributed by atoms with Crippen LogP contribution < -0.4 is 5.73 Å². The van der Waals surface area contributed by atoms with Crippen LogP contribution in [0.3, 0.4) is 0 Å². The fraction of sp³-hybridized carbons (Fsp3) is 0.444. The molecule has 0 fully saturated rings. The van der Waals surface area contributed by atoms with E-state index in [1.165, 1.54) is 6.08 Å². The van der Waals surface area contributed by atoms with E-state index in [4.69, 9.17) is 15.2 Å². The van der Waals surface area contributed by atoms with E-state index in [1.54, 1.807) is 46.8 Å². The van der Waals surface area contributed by atoms with Crippen molar-refractivity contribution in [1.82, 2.24) is 0 Å². The molecular weight excluding hydrogens is 294 g/mol. The predicted octanol–water partition coefficient (Wildman–Crippen LogP) is 2.99. The summed E-state index contributed by atoms with van der Waals surface area (Å²) in [6.45, 7) is 9.19. The first-order valence-electron chi connectivity index (χ1n) is 7.58. The smallest absolute Gasteiger partial charge is 0.331 e. The van der Waals surface area contributed by atoms with Crippen LogP contribution in [0.5, 0.6) is 0 Å². The molecule has 0 spiro atoms. The van der Waals surface area contributed by atoms with Crippen LogP contribution in [0.4, 0.5) is 0 Å². The third-order valence-electron chi connectivity index (χ3n) is 3.00. The van der Waals surface area contributed by atoms with Crippen molar-refractivity contribution in [2.24, 2.45) is 5.73 Å². The van der Waals surface area contributed by atoms with Crippen LogP contribution in [0.15, 0.2) is 30.3 Å². The Balaban J connectivity index is 3.10. The van der Waals surface area contributed by atoms with Gasteiger partial charge >= 0.3 is 11.9 Å². The van der Waals surface area contributed by atoms with Crippen LogP contribution in [0.2, 0.25) is 0 Å². The molecule has 0 aromatic heterocycles. The highest BCUT2D eigenvalue weighted by Gasteiger charge is 2.25. The molecule has 0 saturated heterocycles. The normalized spacial score (nSPS) is 13.4. The summed E-state index contributed by atoms with van der Waals surface area (Å²) in [5.41, 5.74) is 7.46. The second-order valence-electron chi connectivity index (χ2n) is 6.18. The van der Waals surface area contributed by atoms with Gasteiger partial charge in [0, 0.05) is 6.08 Å². The maximum absolute atomic E-state index is 12.2. The number of carbonyl (C=O) groups is 2. The van der Waals surface area contributed by atoms with Gasteiger partial charge in [0.05, 0.1) is 6.61 Å². The Bertz CT molecular complexity index is 599. The molecular formula is C18H25NO4. The Morgan fingerprint density at radius 1 is 1.26 bits per heavy atom. The quantitative estimate of drug-likeness (QED) is 0.667. The zero-order valence-corrected chi connectivity index (χ0v) is 14.4. The van der Waals surface area contributed by atoms with Crippen molar-refractivity contribution in [3.05, 3.63) is 41.5 Å². The van der Waals surface area contributed by atoms with E-state index in [0.717, 1.165) is 5.56 Å². The molecule has 0 amide bonds. The molecule has 1 rings (SSSR count). The predicted molar refractivity (Wildman–Crippen MR) is 89.5 cm³/mol. The number of nitrogens with two attached hydrogens (primary N) is 1. The second kappa shape index (κ2) is 7.92. The summed E-state index contributed by atoms with van der Waals surface area (Å²) in [7, 11) is 0. The number of hydrogen-bond acceptors (Lipinski definition) is 5. The molecule has 1 atom stereocenters. The van der Waals surface area contributed by atoms with Crippen LogP contribution in [-0.4, -0.2) is 24.1 Å². The lowest BCUT2D eigenvalue weighted by atomic mass is 9.95. The van der Waals surface area contributed by atoms with E-state index in [2.05, 4.69) is 0 Å². The third kappa shape index (κ3) is 5.87. The minimum absolute atomic E-state index is 0.307. The second-order valence-corrected chi connectivity index (χ2v) is 6.18. The molecule has 0 radical (unpaired) electrons. The van der Waals surface area contributed by atoms with Gasteiger partial charge in [-0.2, -0.15) is 0 Å². The first kappa shape index (κ1) is 18.9. The number of hydrogen-bond donors (Lipinski definition) is 1. The summed E-state index contributed by atoms with van der Waals surface area (Å²) in [4.78, 5) is 23.8. The van der Waals surface area contributed by atoms with Crippen molar-refractivity contribution in [1.29, 1.82) is 0 Å². The van der Waals surface area contributed by atoms with Crippen molar-refractivity contribution in [3.8, 4) is 0 Å². The summed E-state index contributed by atoms with van der Waals surface area (Å²) >= 11 is 0. The van der Waals surface area contributed by atoms with Crippen LogP contribution in [0.1, 0.15) is 51.8 Å². The summed E-state index contributed by atoms with van der Waals surface area (Å²) in [5.74, 6) is -0.931. The molecule has 1 aromatic carbocycles. The molecule has 0 aliphatic heterocycles. The van der Waals surface area contributed by atoms with E-state index >= 15 is 0 Å². The molecule has 23 heavy (non-hydrogen) atoms. The molecule has 126 valence electrons. The van der Waals surface area contributed by atoms with Gasteiger partial charge < -0.3 is 15.2 Å². The van der Waals surface area contributed by atoms with E-state index in [0.29, 0.717) is 17.7 Å². The zero-order chi connectivity index (χ0) is 17.6. The molecule has 5 nitrogen and oxygen atoms in total. The van der Waals surface area contributed by atoms with Gasteiger partial charge in [-0.3, -0.25) is 0 Å². The maximum Gasteiger partial charge on any atom is 0.331 e. The first-order valence-corrected chi connectivity index (χ1v) is 7.58. The lowest BCUT2D eigenvalue weighted by molar-refractivity contribution is -0.156. The third-order valence-corrected chi connectivity index (χ3v) is 3.00. The van der Waals surface area contributed by atoms with Gasteiger partial charge in [-0.25, -0.2) is 9.59 Å². The van der Waals surface area contributed by atoms with Gasteiger partial charge in [0.1, 0.15) is 11.6 Å². The lowest BCUT2D eigenvalue weighted by Crippen LogP contribution is -2.32. The molecule has 0 aliphatic rings. The van der Waals surface area contributed by atoms with Gasteiger partial charge in [-0.1, -0.05) is 24.3 Å². The van der Waals surface area contributed by atoms with E-state index < -0.39 is 23.6 Å². The number of carbonyl (C=O) groups excluding carboxylic acids is 2. The fourth-order valence-corrected chi connectivity index (χ4v) is 2.06. The molecule has 0 bridgehead atoms. The fourth-order valence-electron chi connectivity index (χ4n) is 2.06. The molecule has 0 heterocycles. The lowest BCUT2D eigenvalue weighted by Gasteiger charge is -2.23. The van der Waals surface area contributed by atoms with Gasteiger partial charge in [-0.15, -0.1) is 0 Å². The Labute approximate surface area is 137 Å². The molecule has 1 unspecified atom stereocenters. The number of rotatable bonds is 5. The van der Waals surface area contributed by atoms with Gasteiger partial charge in [0.2, 0.25) is 0 Å². The first-order chi connectivity index (χ1) is 10.7. The monoisotopic (exact) mass is 319 g/mol. The van der Waals surface area contributed by atoms with E-state index in [9.17, 15) is 9.59 Å². The number of ether oxygens (including phenoxy) is 2. The van der Waals surface area contributed by atoms with Crippen molar-refractivity contribution in [2.75, 3.05) is 6.61 Å². The number of benzene rings is 1. The number of allylic oxidation sites excluding steroid dienone is 1. The minimum atomic E-state index is -0.920. The van der Waals surface area contributed by atoms with Gasteiger partial charge in [0.15, 0.2) is 0 Å². The maximum atomic E-state index is 12.2. The van der Waals surface area contributed by atoms with E-state index in [-0.39, 0.29) is 0 Å². The Hall–Kier alpha value is -2.14. The molecule has 5 heteroatoms. The summed E-state index contributed by atoms with van der Waals surface area (Å²) in [6, 6.07) is 6.26. The number of esters is 2. The Morgan fingerprint density at radius 3 is 2.43 bits per heavy atom. The van der Waals surface area contributed by atoms with E-state index in [1.807, 2.05) is 12.1 Å². The Morgan fingerprint density at radius 2 is 1.87 bits per heavy atom. The van der Waals surface area contributed by atoms with Crippen molar-refractivity contribution in [2.45, 2.75) is 46.3 Å². The van der Waals surface area contributed by atoms with Crippen molar-refractivity contribution < 1.29 is 19.1 Å². The average molecular weight is 319 g/mol. The highest BCUT2D eigenvalue weighted by molar-refractivity contribution is 5.92.